The number of rotatable bonds is 1. The fraction of sp³-hybridized carbons (Fsp3) is 0.286. The number of nitrogens with one attached hydrogen (secondary N) is 1. The van der Waals surface area contributed by atoms with Crippen LogP contribution in [0.15, 0.2) is 30.3 Å². The molecular formula is C14H15ClN2O. The van der Waals surface area contributed by atoms with E-state index in [1.807, 2.05) is 39.0 Å². The molecule has 3 nitrogen and oxygen atoms in total. The minimum absolute atomic E-state index is 0.190. The first-order valence-electron chi connectivity index (χ1n) is 5.75. The normalized spacial score (nSPS) is 11.6. The van der Waals surface area contributed by atoms with Crippen LogP contribution in [0.4, 0.5) is 0 Å². The van der Waals surface area contributed by atoms with Crippen LogP contribution >= 0.6 is 11.6 Å². The number of fused-ring (bicyclic) bond motifs is 1. The Kier molecular flexibility index (Phi) is 3.26. The molecule has 1 aromatic heterocycles. The van der Waals surface area contributed by atoms with Crippen LogP contribution in [0.5, 0.6) is 0 Å². The lowest BCUT2D eigenvalue weighted by atomic mass is 10.1. The van der Waals surface area contributed by atoms with E-state index in [-0.39, 0.29) is 11.4 Å². The van der Waals surface area contributed by atoms with Crippen LogP contribution < -0.4 is 5.32 Å². The third kappa shape index (κ3) is 2.79. The summed E-state index contributed by atoms with van der Waals surface area (Å²) < 4.78 is 0. The summed E-state index contributed by atoms with van der Waals surface area (Å²) in [4.78, 5) is 16.3. The van der Waals surface area contributed by atoms with Gasteiger partial charge in [0.1, 0.15) is 5.69 Å². The highest BCUT2D eigenvalue weighted by Gasteiger charge is 2.16. The van der Waals surface area contributed by atoms with Crippen molar-refractivity contribution in [1.29, 1.82) is 0 Å². The van der Waals surface area contributed by atoms with Crippen LogP contribution in [0.2, 0.25) is 5.02 Å². The molecule has 0 radical (unpaired) electrons. The van der Waals surface area contributed by atoms with Crippen LogP contribution in [-0.2, 0) is 0 Å². The Bertz CT molecular complexity index is 602. The Balaban J connectivity index is 2.41. The summed E-state index contributed by atoms with van der Waals surface area (Å²) in [6.45, 7) is 5.79. The Hall–Kier alpha value is -1.61. The van der Waals surface area contributed by atoms with Crippen molar-refractivity contribution in [3.63, 3.8) is 0 Å². The highest BCUT2D eigenvalue weighted by atomic mass is 35.5. The fourth-order valence-electron chi connectivity index (χ4n) is 1.64. The standard InChI is InChI=1S/C14H15ClN2O/c1-14(2,3)17-13(18)11-8-7-9-5-4-6-10(15)12(9)16-11/h4-8H,1-3H3,(H,17,18). The number of benzene rings is 1. The highest BCUT2D eigenvalue weighted by molar-refractivity contribution is 6.35. The Morgan fingerprint density at radius 2 is 1.94 bits per heavy atom. The molecule has 0 unspecified atom stereocenters. The molecule has 0 aliphatic carbocycles. The predicted molar refractivity (Wildman–Crippen MR) is 74.0 cm³/mol. The van der Waals surface area contributed by atoms with Gasteiger partial charge in [-0.15, -0.1) is 0 Å². The predicted octanol–water partition coefficient (Wildman–Crippen LogP) is 3.42. The number of nitrogens with zero attached hydrogens (tertiary/aromatic N) is 1. The van der Waals surface area contributed by atoms with Crippen molar-refractivity contribution < 1.29 is 4.79 Å². The molecule has 0 fully saturated rings. The van der Waals surface area contributed by atoms with Crippen molar-refractivity contribution in [2.45, 2.75) is 26.3 Å². The molecule has 1 N–H and O–H groups in total. The molecule has 94 valence electrons. The maximum Gasteiger partial charge on any atom is 0.270 e. The van der Waals surface area contributed by atoms with Gasteiger partial charge in [0.15, 0.2) is 0 Å². The topological polar surface area (TPSA) is 42.0 Å². The lowest BCUT2D eigenvalue weighted by Crippen LogP contribution is -2.40. The summed E-state index contributed by atoms with van der Waals surface area (Å²) in [7, 11) is 0. The number of pyridine rings is 1. The summed E-state index contributed by atoms with van der Waals surface area (Å²) in [6.07, 6.45) is 0. The van der Waals surface area contributed by atoms with E-state index in [0.29, 0.717) is 16.2 Å². The number of carbonyl (C=O) groups excluding carboxylic acids is 1. The van der Waals surface area contributed by atoms with Crippen molar-refractivity contribution in [2.75, 3.05) is 0 Å². The second kappa shape index (κ2) is 4.58. The number of amides is 1. The molecule has 0 saturated carbocycles. The van der Waals surface area contributed by atoms with Gasteiger partial charge in [-0.2, -0.15) is 0 Å². The van der Waals surface area contributed by atoms with Gasteiger partial charge in [0.05, 0.1) is 10.5 Å². The van der Waals surface area contributed by atoms with Gasteiger partial charge in [-0.05, 0) is 32.9 Å². The van der Waals surface area contributed by atoms with Crippen molar-refractivity contribution in [3.8, 4) is 0 Å². The van der Waals surface area contributed by atoms with E-state index in [0.717, 1.165) is 5.39 Å². The van der Waals surface area contributed by atoms with Gasteiger partial charge in [-0.1, -0.05) is 29.8 Å². The van der Waals surface area contributed by atoms with Crippen molar-refractivity contribution in [3.05, 3.63) is 41.0 Å². The average Bonchev–Trinajstić information content (AvgIpc) is 2.27. The van der Waals surface area contributed by atoms with E-state index in [9.17, 15) is 4.79 Å². The van der Waals surface area contributed by atoms with Crippen molar-refractivity contribution >= 4 is 28.4 Å². The van der Waals surface area contributed by atoms with Crippen LogP contribution in [0.25, 0.3) is 10.9 Å². The van der Waals surface area contributed by atoms with E-state index >= 15 is 0 Å². The smallest absolute Gasteiger partial charge is 0.270 e. The first-order chi connectivity index (χ1) is 8.37. The van der Waals surface area contributed by atoms with Crippen LogP contribution in [-0.4, -0.2) is 16.4 Å². The van der Waals surface area contributed by atoms with Crippen LogP contribution in [0.3, 0.4) is 0 Å². The van der Waals surface area contributed by atoms with Crippen molar-refractivity contribution in [2.24, 2.45) is 0 Å². The molecule has 0 bridgehead atoms. The molecule has 1 aromatic carbocycles. The number of para-hydroxylation sites is 1. The summed E-state index contributed by atoms with van der Waals surface area (Å²) in [5, 5.41) is 4.35. The molecule has 0 aliphatic heterocycles. The van der Waals surface area contributed by atoms with E-state index in [4.69, 9.17) is 11.6 Å². The van der Waals surface area contributed by atoms with Gasteiger partial charge in [0.25, 0.3) is 5.91 Å². The zero-order valence-electron chi connectivity index (χ0n) is 10.6. The summed E-state index contributed by atoms with van der Waals surface area (Å²) in [6, 6.07) is 9.11. The van der Waals surface area contributed by atoms with E-state index < -0.39 is 0 Å². The Morgan fingerprint density at radius 1 is 1.22 bits per heavy atom. The van der Waals surface area contributed by atoms with Gasteiger partial charge in [0.2, 0.25) is 0 Å². The summed E-state index contributed by atoms with van der Waals surface area (Å²) in [5.74, 6) is -0.190. The Morgan fingerprint density at radius 3 is 2.61 bits per heavy atom. The maximum atomic E-state index is 12.0. The fourth-order valence-corrected chi connectivity index (χ4v) is 1.87. The summed E-state index contributed by atoms with van der Waals surface area (Å²) >= 11 is 6.07. The second-order valence-corrected chi connectivity index (χ2v) is 5.62. The van der Waals surface area contributed by atoms with Crippen LogP contribution in [0.1, 0.15) is 31.3 Å². The van der Waals surface area contributed by atoms with Crippen LogP contribution in [0, 0.1) is 0 Å². The maximum absolute atomic E-state index is 12.0. The average molecular weight is 263 g/mol. The molecule has 2 aromatic rings. The lowest BCUT2D eigenvalue weighted by molar-refractivity contribution is 0.0915. The molecule has 18 heavy (non-hydrogen) atoms. The number of hydrogen-bond donors (Lipinski definition) is 1. The van der Waals surface area contributed by atoms with Gasteiger partial charge >= 0.3 is 0 Å². The summed E-state index contributed by atoms with van der Waals surface area (Å²) in [5.41, 5.74) is 0.750. The minimum atomic E-state index is -0.284. The first-order valence-corrected chi connectivity index (χ1v) is 6.12. The molecule has 0 aliphatic rings. The molecule has 0 atom stereocenters. The quantitative estimate of drug-likeness (QED) is 0.856. The van der Waals surface area contributed by atoms with Crippen molar-refractivity contribution in [1.82, 2.24) is 10.3 Å². The molecule has 0 saturated heterocycles. The van der Waals surface area contributed by atoms with Gasteiger partial charge < -0.3 is 5.32 Å². The third-order valence-electron chi connectivity index (χ3n) is 2.39. The second-order valence-electron chi connectivity index (χ2n) is 5.21. The lowest BCUT2D eigenvalue weighted by Gasteiger charge is -2.20. The SMILES string of the molecule is CC(C)(C)NC(=O)c1ccc2cccc(Cl)c2n1. The highest BCUT2D eigenvalue weighted by Crippen LogP contribution is 2.21. The monoisotopic (exact) mass is 262 g/mol. The van der Waals surface area contributed by atoms with Gasteiger partial charge in [-0.25, -0.2) is 4.98 Å². The van der Waals surface area contributed by atoms with E-state index in [1.165, 1.54) is 0 Å². The van der Waals surface area contributed by atoms with E-state index in [2.05, 4.69) is 10.3 Å². The zero-order valence-corrected chi connectivity index (χ0v) is 11.4. The number of hydrogen-bond acceptors (Lipinski definition) is 2. The molecule has 2 rings (SSSR count). The third-order valence-corrected chi connectivity index (χ3v) is 2.70. The molecule has 0 spiro atoms. The number of aromatic nitrogens is 1. The molecular weight excluding hydrogens is 248 g/mol. The number of halogens is 1. The minimum Gasteiger partial charge on any atom is -0.346 e. The number of carbonyl (C=O) groups is 1. The Labute approximate surface area is 111 Å². The molecule has 1 heterocycles. The molecule has 1 amide bonds. The zero-order chi connectivity index (χ0) is 13.3. The first kappa shape index (κ1) is 12.8. The largest absolute Gasteiger partial charge is 0.346 e. The van der Waals surface area contributed by atoms with Gasteiger partial charge in [0, 0.05) is 10.9 Å². The van der Waals surface area contributed by atoms with E-state index in [1.54, 1.807) is 12.1 Å². The molecule has 4 heteroatoms. The van der Waals surface area contributed by atoms with Gasteiger partial charge in [-0.3, -0.25) is 4.79 Å².